The summed E-state index contributed by atoms with van der Waals surface area (Å²) in [5, 5.41) is 5.62. The Kier molecular flexibility index (Phi) is 7.90. The van der Waals surface area contributed by atoms with Gasteiger partial charge in [0.15, 0.2) is 6.54 Å². The summed E-state index contributed by atoms with van der Waals surface area (Å²) >= 11 is 0. The highest BCUT2D eigenvalue weighted by molar-refractivity contribution is 5.93. The van der Waals surface area contributed by atoms with E-state index in [1.54, 1.807) is 12.1 Å². The topological polar surface area (TPSA) is 67.4 Å². The molecular weight excluding hydrogens is 318 g/mol. The van der Waals surface area contributed by atoms with E-state index < -0.39 is 6.09 Å². The number of hydrogen-bond donors (Lipinski definition) is 2. The molecule has 140 valence electrons. The quantitative estimate of drug-likeness (QED) is 0.707. The first-order valence-corrected chi connectivity index (χ1v) is 9.02. The zero-order chi connectivity index (χ0) is 19.0. The Morgan fingerprint density at radius 1 is 1.00 bits per heavy atom. The molecule has 0 radical (unpaired) electrons. The smallest absolute Gasteiger partial charge is 0.410 e. The van der Waals surface area contributed by atoms with Crippen LogP contribution in [0.1, 0.15) is 38.8 Å². The largest absolute Gasteiger partial charge is 0.412 e. The molecule has 0 aromatic heterocycles. The summed E-state index contributed by atoms with van der Waals surface area (Å²) in [5.41, 5.74) is 2.53. The highest BCUT2D eigenvalue weighted by Crippen LogP contribution is 2.26. The summed E-state index contributed by atoms with van der Waals surface area (Å²) < 4.78 is 6.01. The SMILES string of the molecule is CCNC(=O)Oc1cc(C)c(NC(=O)C[N+](CC)(CC)CC)c(C)c1. The van der Waals surface area contributed by atoms with Gasteiger partial charge in [0.2, 0.25) is 0 Å². The number of quaternary nitrogens is 1. The summed E-state index contributed by atoms with van der Waals surface area (Å²) in [7, 11) is 0. The van der Waals surface area contributed by atoms with Gasteiger partial charge >= 0.3 is 6.09 Å². The first-order valence-electron chi connectivity index (χ1n) is 9.02. The first kappa shape index (κ1) is 21.0. The van der Waals surface area contributed by atoms with Crippen LogP contribution in [0.4, 0.5) is 10.5 Å². The minimum absolute atomic E-state index is 0.00847. The first-order chi connectivity index (χ1) is 11.8. The molecule has 25 heavy (non-hydrogen) atoms. The minimum atomic E-state index is -0.478. The molecule has 1 aromatic carbocycles. The lowest BCUT2D eigenvalue weighted by molar-refractivity contribution is -0.915. The number of nitrogens with one attached hydrogen (secondary N) is 2. The number of carbonyl (C=O) groups excluding carboxylic acids is 2. The van der Waals surface area contributed by atoms with Gasteiger partial charge in [0.05, 0.1) is 19.6 Å². The zero-order valence-corrected chi connectivity index (χ0v) is 16.4. The van der Waals surface area contributed by atoms with E-state index in [2.05, 4.69) is 31.4 Å². The molecule has 0 aliphatic heterocycles. The normalized spacial score (nSPS) is 11.1. The van der Waals surface area contributed by atoms with Gasteiger partial charge in [-0.15, -0.1) is 0 Å². The number of likely N-dealkylation sites (N-methyl/N-ethyl adjacent to an activating group) is 1. The van der Waals surface area contributed by atoms with Gasteiger partial charge in [-0.1, -0.05) is 0 Å². The standard InChI is InChI=1S/C19H31N3O3/c1-7-20-19(24)25-16-11-14(5)18(15(6)12-16)21-17(23)13-22(8-2,9-3)10-4/h11-12H,7-10,13H2,1-6H3,(H-,20,21,23,24)/p+1. The van der Waals surface area contributed by atoms with Crippen molar-refractivity contribution in [2.45, 2.75) is 41.5 Å². The second-order valence-electron chi connectivity index (χ2n) is 6.35. The van der Waals surface area contributed by atoms with E-state index in [0.717, 1.165) is 40.9 Å². The van der Waals surface area contributed by atoms with E-state index in [1.807, 2.05) is 20.8 Å². The maximum atomic E-state index is 12.5. The van der Waals surface area contributed by atoms with Crippen molar-refractivity contribution >= 4 is 17.7 Å². The van der Waals surface area contributed by atoms with Crippen LogP contribution in [0.3, 0.4) is 0 Å². The third kappa shape index (κ3) is 5.74. The number of nitrogens with zero attached hydrogens (tertiary/aromatic N) is 1. The Bertz CT molecular complexity index is 579. The van der Waals surface area contributed by atoms with Gasteiger partial charge < -0.3 is 19.9 Å². The molecule has 0 fully saturated rings. The average molecular weight is 350 g/mol. The van der Waals surface area contributed by atoms with Crippen molar-refractivity contribution in [3.8, 4) is 5.75 Å². The van der Waals surface area contributed by atoms with E-state index in [4.69, 9.17) is 4.74 Å². The maximum absolute atomic E-state index is 12.5. The van der Waals surface area contributed by atoms with Crippen LogP contribution in [0.2, 0.25) is 0 Å². The molecule has 2 N–H and O–H groups in total. The van der Waals surface area contributed by atoms with Crippen LogP contribution in [0.5, 0.6) is 5.75 Å². The van der Waals surface area contributed by atoms with Crippen molar-refractivity contribution in [3.63, 3.8) is 0 Å². The van der Waals surface area contributed by atoms with Crippen molar-refractivity contribution < 1.29 is 18.8 Å². The third-order valence-corrected chi connectivity index (χ3v) is 4.79. The molecule has 6 nitrogen and oxygen atoms in total. The summed E-state index contributed by atoms with van der Waals surface area (Å²) in [6.45, 7) is 15.7. The molecule has 0 unspecified atom stereocenters. The molecule has 2 amide bonds. The summed E-state index contributed by atoms with van der Waals surface area (Å²) in [6, 6.07) is 3.53. The Balaban J connectivity index is 2.89. The Morgan fingerprint density at radius 3 is 1.96 bits per heavy atom. The van der Waals surface area contributed by atoms with Crippen molar-refractivity contribution in [3.05, 3.63) is 23.3 Å². The van der Waals surface area contributed by atoms with E-state index in [9.17, 15) is 9.59 Å². The number of rotatable bonds is 8. The zero-order valence-electron chi connectivity index (χ0n) is 16.4. The number of ether oxygens (including phenoxy) is 1. The summed E-state index contributed by atoms with van der Waals surface area (Å²) in [4.78, 5) is 24.1. The third-order valence-electron chi connectivity index (χ3n) is 4.79. The van der Waals surface area contributed by atoms with E-state index in [0.29, 0.717) is 18.8 Å². The molecule has 0 bridgehead atoms. The number of anilines is 1. The van der Waals surface area contributed by atoms with Gasteiger partial charge in [0.1, 0.15) is 5.75 Å². The fourth-order valence-corrected chi connectivity index (χ4v) is 2.96. The second-order valence-corrected chi connectivity index (χ2v) is 6.35. The molecular formula is C19H32N3O3+. The number of amides is 2. The molecule has 0 atom stereocenters. The van der Waals surface area contributed by atoms with Gasteiger partial charge in [-0.05, 0) is 64.8 Å². The lowest BCUT2D eigenvalue weighted by Crippen LogP contribution is -2.52. The Hall–Kier alpha value is -2.08. The van der Waals surface area contributed by atoms with Crippen LogP contribution in [-0.4, -0.2) is 49.2 Å². The molecule has 0 heterocycles. The van der Waals surface area contributed by atoms with Crippen molar-refractivity contribution in [2.24, 2.45) is 0 Å². The highest BCUT2D eigenvalue weighted by Gasteiger charge is 2.25. The molecule has 0 spiro atoms. The number of aryl methyl sites for hydroxylation is 2. The van der Waals surface area contributed by atoms with Gasteiger partial charge in [-0.3, -0.25) is 4.79 Å². The Labute approximate surface area is 151 Å². The van der Waals surface area contributed by atoms with Crippen LogP contribution in [0.15, 0.2) is 12.1 Å². The number of carbonyl (C=O) groups is 2. The lowest BCUT2D eigenvalue weighted by Gasteiger charge is -2.35. The molecule has 6 heteroatoms. The fraction of sp³-hybridized carbons (Fsp3) is 0.579. The number of hydrogen-bond acceptors (Lipinski definition) is 3. The number of benzene rings is 1. The fourth-order valence-electron chi connectivity index (χ4n) is 2.96. The van der Waals surface area contributed by atoms with Crippen LogP contribution in [0, 0.1) is 13.8 Å². The van der Waals surface area contributed by atoms with E-state index in [1.165, 1.54) is 0 Å². The van der Waals surface area contributed by atoms with Gasteiger partial charge in [-0.2, -0.15) is 0 Å². The van der Waals surface area contributed by atoms with Crippen molar-refractivity contribution in [1.82, 2.24) is 5.32 Å². The summed E-state index contributed by atoms with van der Waals surface area (Å²) in [5.74, 6) is 0.480. The highest BCUT2D eigenvalue weighted by atomic mass is 16.6. The minimum Gasteiger partial charge on any atom is -0.410 e. The van der Waals surface area contributed by atoms with Gasteiger partial charge in [0, 0.05) is 12.2 Å². The van der Waals surface area contributed by atoms with E-state index in [-0.39, 0.29) is 5.91 Å². The molecule has 0 saturated heterocycles. The van der Waals surface area contributed by atoms with Crippen molar-refractivity contribution in [1.29, 1.82) is 0 Å². The molecule has 1 aromatic rings. The van der Waals surface area contributed by atoms with Gasteiger partial charge in [-0.25, -0.2) is 4.79 Å². The van der Waals surface area contributed by atoms with Crippen LogP contribution < -0.4 is 15.4 Å². The molecule has 0 aliphatic rings. The predicted octanol–water partition coefficient (Wildman–Crippen LogP) is 3.23. The molecule has 1 rings (SSSR count). The van der Waals surface area contributed by atoms with Gasteiger partial charge in [0.25, 0.3) is 5.91 Å². The predicted molar refractivity (Wildman–Crippen MR) is 101 cm³/mol. The average Bonchev–Trinajstić information content (AvgIpc) is 2.56. The molecule has 0 aliphatic carbocycles. The lowest BCUT2D eigenvalue weighted by atomic mass is 10.1. The summed E-state index contributed by atoms with van der Waals surface area (Å²) in [6.07, 6.45) is -0.478. The Morgan fingerprint density at radius 2 is 1.52 bits per heavy atom. The molecule has 0 saturated carbocycles. The van der Waals surface area contributed by atoms with Crippen molar-refractivity contribution in [2.75, 3.05) is 38.0 Å². The van der Waals surface area contributed by atoms with Crippen LogP contribution >= 0.6 is 0 Å². The monoisotopic (exact) mass is 350 g/mol. The van der Waals surface area contributed by atoms with Crippen LogP contribution in [-0.2, 0) is 4.79 Å². The van der Waals surface area contributed by atoms with E-state index >= 15 is 0 Å². The van der Waals surface area contributed by atoms with Crippen LogP contribution in [0.25, 0.3) is 0 Å². The second kappa shape index (κ2) is 9.42. The maximum Gasteiger partial charge on any atom is 0.412 e.